The Labute approximate surface area is 188 Å². The third-order valence-electron chi connectivity index (χ3n) is 6.05. The van der Waals surface area contributed by atoms with Crippen LogP contribution in [0.5, 0.6) is 0 Å². The highest BCUT2D eigenvalue weighted by molar-refractivity contribution is 8.00. The SMILES string of the molecule is CC1(C)CC1Sc1cnc2c(c1)nc(N1CCCCC1)n2-c1ncc(-c2nnco2)s1. The molecule has 10 heteroatoms. The Morgan fingerprint density at radius 2 is 2.00 bits per heavy atom. The van der Waals surface area contributed by atoms with Crippen LogP contribution < -0.4 is 4.90 Å². The number of nitrogens with zero attached hydrogens (tertiary/aromatic N) is 7. The van der Waals surface area contributed by atoms with E-state index >= 15 is 0 Å². The molecule has 1 saturated heterocycles. The van der Waals surface area contributed by atoms with Gasteiger partial charge in [0.1, 0.15) is 10.4 Å². The minimum Gasteiger partial charge on any atom is -0.423 e. The maximum absolute atomic E-state index is 5.35. The lowest BCUT2D eigenvalue weighted by molar-refractivity contribution is 0.566. The quantitative estimate of drug-likeness (QED) is 0.426. The summed E-state index contributed by atoms with van der Waals surface area (Å²) in [5, 5.41) is 9.26. The topological polar surface area (TPSA) is 85.8 Å². The molecule has 1 aliphatic carbocycles. The molecule has 6 rings (SSSR count). The molecule has 1 atom stereocenters. The van der Waals surface area contributed by atoms with Crippen molar-refractivity contribution in [1.82, 2.24) is 29.7 Å². The van der Waals surface area contributed by atoms with Gasteiger partial charge in [0.25, 0.3) is 5.89 Å². The van der Waals surface area contributed by atoms with Crippen molar-refractivity contribution in [2.24, 2.45) is 5.41 Å². The number of thiazole rings is 1. The molecular formula is C21H23N7OS2. The number of thioether (sulfide) groups is 1. The Balaban J connectivity index is 1.43. The molecule has 0 N–H and O–H groups in total. The van der Waals surface area contributed by atoms with E-state index in [9.17, 15) is 0 Å². The number of aromatic nitrogens is 6. The minimum absolute atomic E-state index is 0.421. The molecule has 0 aromatic carbocycles. The van der Waals surface area contributed by atoms with Gasteiger partial charge >= 0.3 is 0 Å². The third kappa shape index (κ3) is 3.51. The third-order valence-corrected chi connectivity index (χ3v) is 8.61. The van der Waals surface area contributed by atoms with Gasteiger partial charge in [-0.25, -0.2) is 19.5 Å². The monoisotopic (exact) mass is 453 g/mol. The molecule has 2 aliphatic rings. The van der Waals surface area contributed by atoms with E-state index in [0.29, 0.717) is 16.6 Å². The summed E-state index contributed by atoms with van der Waals surface area (Å²) >= 11 is 3.42. The zero-order chi connectivity index (χ0) is 21.0. The minimum atomic E-state index is 0.421. The van der Waals surface area contributed by atoms with Gasteiger partial charge in [0.2, 0.25) is 12.3 Å². The van der Waals surface area contributed by atoms with Crippen LogP contribution in [0.2, 0.25) is 0 Å². The lowest BCUT2D eigenvalue weighted by atomic mass is 10.1. The molecule has 0 amide bonds. The first kappa shape index (κ1) is 19.2. The van der Waals surface area contributed by atoms with Gasteiger partial charge in [0.15, 0.2) is 10.8 Å². The van der Waals surface area contributed by atoms with Gasteiger partial charge in [0, 0.05) is 29.4 Å². The smallest absolute Gasteiger partial charge is 0.259 e. The summed E-state index contributed by atoms with van der Waals surface area (Å²) in [6, 6.07) is 2.18. The standard InChI is InChI=1S/C21H23N7OS2/c1-21(2)9-16(21)30-13-8-14-17(22-10-13)28(19(25-14)27-6-4-3-5-7-27)20-23-11-15(31-20)18-26-24-12-29-18/h8,10-12,16H,3-7,9H2,1-2H3. The molecule has 4 aromatic rings. The fraction of sp³-hybridized carbons (Fsp3) is 0.476. The lowest BCUT2D eigenvalue weighted by Gasteiger charge is -2.27. The van der Waals surface area contributed by atoms with Crippen molar-refractivity contribution in [3.8, 4) is 15.9 Å². The molecule has 160 valence electrons. The van der Waals surface area contributed by atoms with E-state index < -0.39 is 0 Å². The summed E-state index contributed by atoms with van der Waals surface area (Å²) in [5.41, 5.74) is 2.18. The second-order valence-corrected chi connectivity index (χ2v) is 11.1. The highest BCUT2D eigenvalue weighted by Gasteiger charge is 2.46. The maximum Gasteiger partial charge on any atom is 0.259 e. The number of imidazole rings is 1. The Bertz CT molecular complexity index is 1220. The van der Waals surface area contributed by atoms with E-state index in [4.69, 9.17) is 14.4 Å². The summed E-state index contributed by atoms with van der Waals surface area (Å²) in [4.78, 5) is 18.9. The molecule has 31 heavy (non-hydrogen) atoms. The summed E-state index contributed by atoms with van der Waals surface area (Å²) in [6.07, 6.45) is 9.97. The first-order valence-corrected chi connectivity index (χ1v) is 12.3. The number of anilines is 1. The zero-order valence-electron chi connectivity index (χ0n) is 17.5. The average molecular weight is 454 g/mol. The molecule has 0 spiro atoms. The lowest BCUT2D eigenvalue weighted by Crippen LogP contribution is -2.31. The molecule has 0 radical (unpaired) electrons. The zero-order valence-corrected chi connectivity index (χ0v) is 19.1. The number of hydrogen-bond acceptors (Lipinski definition) is 9. The molecule has 0 bridgehead atoms. The van der Waals surface area contributed by atoms with Crippen LogP contribution in [-0.2, 0) is 0 Å². The van der Waals surface area contributed by atoms with Crippen LogP contribution in [0.15, 0.2) is 34.2 Å². The second kappa shape index (κ2) is 7.30. The molecule has 1 aliphatic heterocycles. The molecule has 8 nitrogen and oxygen atoms in total. The first-order valence-electron chi connectivity index (χ1n) is 10.6. The summed E-state index contributed by atoms with van der Waals surface area (Å²) in [6.45, 7) is 6.65. The molecule has 4 aromatic heterocycles. The van der Waals surface area contributed by atoms with Crippen LogP contribution in [-0.4, -0.2) is 48.1 Å². The van der Waals surface area contributed by atoms with Gasteiger partial charge in [-0.1, -0.05) is 25.2 Å². The van der Waals surface area contributed by atoms with Gasteiger partial charge in [-0.3, -0.25) is 0 Å². The number of piperidine rings is 1. The predicted octanol–water partition coefficient (Wildman–Crippen LogP) is 4.81. The van der Waals surface area contributed by atoms with E-state index in [1.807, 2.05) is 18.0 Å². The van der Waals surface area contributed by atoms with Gasteiger partial charge in [-0.05, 0) is 37.2 Å². The number of pyridine rings is 1. The number of hydrogen-bond donors (Lipinski definition) is 0. The van der Waals surface area contributed by atoms with Gasteiger partial charge in [-0.15, -0.1) is 22.0 Å². The molecule has 1 unspecified atom stereocenters. The Morgan fingerprint density at radius 1 is 1.16 bits per heavy atom. The van der Waals surface area contributed by atoms with E-state index in [2.05, 4.69) is 44.6 Å². The van der Waals surface area contributed by atoms with Crippen molar-refractivity contribution in [1.29, 1.82) is 0 Å². The highest BCUT2D eigenvalue weighted by Crippen LogP contribution is 2.55. The van der Waals surface area contributed by atoms with Crippen molar-refractivity contribution < 1.29 is 4.42 Å². The largest absolute Gasteiger partial charge is 0.423 e. The van der Waals surface area contributed by atoms with Gasteiger partial charge in [-0.2, -0.15) is 0 Å². The molecule has 2 fully saturated rings. The van der Waals surface area contributed by atoms with Crippen molar-refractivity contribution in [3.63, 3.8) is 0 Å². The van der Waals surface area contributed by atoms with Crippen LogP contribution in [0, 0.1) is 5.41 Å². The maximum atomic E-state index is 5.35. The fourth-order valence-electron chi connectivity index (χ4n) is 4.01. The molecule has 1 saturated carbocycles. The molecular weight excluding hydrogens is 430 g/mol. The Kier molecular flexibility index (Phi) is 4.53. The van der Waals surface area contributed by atoms with Crippen LogP contribution >= 0.6 is 23.1 Å². The van der Waals surface area contributed by atoms with Crippen molar-refractivity contribution in [2.75, 3.05) is 18.0 Å². The van der Waals surface area contributed by atoms with Crippen LogP contribution in [0.4, 0.5) is 5.95 Å². The first-order chi connectivity index (χ1) is 15.1. The summed E-state index contributed by atoms with van der Waals surface area (Å²) in [5.74, 6) is 1.40. The van der Waals surface area contributed by atoms with Crippen LogP contribution in [0.3, 0.4) is 0 Å². The van der Waals surface area contributed by atoms with E-state index in [1.54, 1.807) is 6.20 Å². The van der Waals surface area contributed by atoms with Crippen LogP contribution in [0.1, 0.15) is 39.5 Å². The average Bonchev–Trinajstić information content (AvgIpc) is 3.30. The normalized spacial score (nSPS) is 20.5. The van der Waals surface area contributed by atoms with Crippen molar-refractivity contribution in [2.45, 2.75) is 49.7 Å². The predicted molar refractivity (Wildman–Crippen MR) is 122 cm³/mol. The number of rotatable bonds is 5. The van der Waals surface area contributed by atoms with Crippen LogP contribution in [0.25, 0.3) is 27.1 Å². The van der Waals surface area contributed by atoms with Crippen molar-refractivity contribution in [3.05, 3.63) is 24.9 Å². The van der Waals surface area contributed by atoms with Gasteiger partial charge in [0.05, 0.1) is 6.20 Å². The van der Waals surface area contributed by atoms with E-state index in [0.717, 1.165) is 40.2 Å². The van der Waals surface area contributed by atoms with E-state index in [-0.39, 0.29) is 0 Å². The fourth-order valence-corrected chi connectivity index (χ4v) is 6.31. The molecule has 5 heterocycles. The Morgan fingerprint density at radius 3 is 2.74 bits per heavy atom. The van der Waals surface area contributed by atoms with E-state index in [1.165, 1.54) is 48.3 Å². The summed E-state index contributed by atoms with van der Waals surface area (Å²) in [7, 11) is 0. The Hall–Kier alpha value is -2.46. The van der Waals surface area contributed by atoms with Gasteiger partial charge < -0.3 is 9.32 Å². The highest BCUT2D eigenvalue weighted by atomic mass is 32.2. The van der Waals surface area contributed by atoms with Crippen molar-refractivity contribution >= 4 is 40.2 Å². The summed E-state index contributed by atoms with van der Waals surface area (Å²) < 4.78 is 7.44. The number of fused-ring (bicyclic) bond motifs is 1. The second-order valence-electron chi connectivity index (χ2n) is 8.86.